The second kappa shape index (κ2) is 6.74. The molecule has 2 rings (SSSR count). The standard InChI is InChI=1S/C14H19NOS/c1-2-16-9-5-8-15-10-12-11-17-14-7-4-3-6-13(12)14/h3-4,6-7,11,15H,2,5,8-10H2,1H3. The molecule has 1 aromatic carbocycles. The molecule has 0 saturated carbocycles. The SMILES string of the molecule is CCOCCCNCc1csc2ccccc12. The normalized spacial score (nSPS) is 11.1. The van der Waals surface area contributed by atoms with Crippen molar-refractivity contribution in [3.63, 3.8) is 0 Å². The number of rotatable bonds is 7. The molecule has 2 nitrogen and oxygen atoms in total. The summed E-state index contributed by atoms with van der Waals surface area (Å²) >= 11 is 1.82. The van der Waals surface area contributed by atoms with Crippen LogP contribution in [0.3, 0.4) is 0 Å². The topological polar surface area (TPSA) is 21.3 Å². The summed E-state index contributed by atoms with van der Waals surface area (Å²) in [6.07, 6.45) is 1.08. The second-order valence-electron chi connectivity index (χ2n) is 3.98. The highest BCUT2D eigenvalue weighted by Gasteiger charge is 2.01. The molecule has 0 unspecified atom stereocenters. The molecule has 2 aromatic rings. The van der Waals surface area contributed by atoms with Crippen molar-refractivity contribution >= 4 is 21.4 Å². The maximum absolute atomic E-state index is 5.30. The van der Waals surface area contributed by atoms with Crippen molar-refractivity contribution in [1.29, 1.82) is 0 Å². The van der Waals surface area contributed by atoms with E-state index in [0.29, 0.717) is 0 Å². The van der Waals surface area contributed by atoms with E-state index in [0.717, 1.165) is 32.7 Å². The fourth-order valence-corrected chi connectivity index (χ4v) is 2.80. The quantitative estimate of drug-likeness (QED) is 0.759. The van der Waals surface area contributed by atoms with Gasteiger partial charge in [-0.25, -0.2) is 0 Å². The Morgan fingerprint density at radius 1 is 1.29 bits per heavy atom. The first-order chi connectivity index (χ1) is 8.42. The van der Waals surface area contributed by atoms with Crippen molar-refractivity contribution in [2.45, 2.75) is 19.9 Å². The monoisotopic (exact) mass is 249 g/mol. The Morgan fingerprint density at radius 3 is 3.06 bits per heavy atom. The molecule has 0 amide bonds. The number of thiophene rings is 1. The number of hydrogen-bond donors (Lipinski definition) is 1. The maximum Gasteiger partial charge on any atom is 0.0477 e. The minimum absolute atomic E-state index is 0.815. The highest BCUT2D eigenvalue weighted by Crippen LogP contribution is 2.25. The number of hydrogen-bond acceptors (Lipinski definition) is 3. The predicted molar refractivity (Wildman–Crippen MR) is 74.6 cm³/mol. The zero-order valence-electron chi connectivity index (χ0n) is 10.2. The van der Waals surface area contributed by atoms with Gasteiger partial charge in [0.2, 0.25) is 0 Å². The first-order valence-electron chi connectivity index (χ1n) is 6.15. The van der Waals surface area contributed by atoms with Crippen LogP contribution >= 0.6 is 11.3 Å². The molecule has 3 heteroatoms. The molecule has 0 aliphatic carbocycles. The highest BCUT2D eigenvalue weighted by atomic mass is 32.1. The minimum atomic E-state index is 0.815. The number of ether oxygens (including phenoxy) is 1. The van der Waals surface area contributed by atoms with Gasteiger partial charge in [-0.2, -0.15) is 0 Å². The Hall–Kier alpha value is -0.900. The predicted octanol–water partition coefficient (Wildman–Crippen LogP) is 3.42. The number of benzene rings is 1. The van der Waals surface area contributed by atoms with E-state index in [1.807, 2.05) is 18.3 Å². The summed E-state index contributed by atoms with van der Waals surface area (Å²) in [4.78, 5) is 0. The molecule has 1 aromatic heterocycles. The van der Waals surface area contributed by atoms with Gasteiger partial charge in [0.1, 0.15) is 0 Å². The molecule has 0 radical (unpaired) electrons. The molecule has 0 saturated heterocycles. The van der Waals surface area contributed by atoms with Crippen molar-refractivity contribution in [1.82, 2.24) is 5.32 Å². The van der Waals surface area contributed by atoms with Gasteiger partial charge in [0, 0.05) is 24.5 Å². The molecule has 17 heavy (non-hydrogen) atoms. The van der Waals surface area contributed by atoms with E-state index in [-0.39, 0.29) is 0 Å². The summed E-state index contributed by atoms with van der Waals surface area (Å²) in [5.41, 5.74) is 1.40. The molecule has 0 fully saturated rings. The largest absolute Gasteiger partial charge is 0.382 e. The third-order valence-corrected chi connectivity index (χ3v) is 3.74. The minimum Gasteiger partial charge on any atom is -0.382 e. The summed E-state index contributed by atoms with van der Waals surface area (Å²) in [5.74, 6) is 0. The molecular weight excluding hydrogens is 230 g/mol. The van der Waals surface area contributed by atoms with E-state index >= 15 is 0 Å². The van der Waals surface area contributed by atoms with Crippen LogP contribution in [0.4, 0.5) is 0 Å². The Labute approximate surface area is 107 Å². The number of nitrogens with one attached hydrogen (secondary N) is 1. The molecule has 0 aliphatic rings. The molecule has 0 aliphatic heterocycles. The van der Waals surface area contributed by atoms with E-state index in [2.05, 4.69) is 35.0 Å². The third-order valence-electron chi connectivity index (χ3n) is 2.72. The van der Waals surface area contributed by atoms with Crippen LogP contribution in [0.2, 0.25) is 0 Å². The van der Waals surface area contributed by atoms with Gasteiger partial charge in [0.25, 0.3) is 0 Å². The van der Waals surface area contributed by atoms with E-state index in [1.165, 1.54) is 15.6 Å². The fraction of sp³-hybridized carbons (Fsp3) is 0.429. The lowest BCUT2D eigenvalue weighted by atomic mass is 10.2. The molecule has 0 bridgehead atoms. The molecule has 92 valence electrons. The van der Waals surface area contributed by atoms with Crippen LogP contribution in [0.5, 0.6) is 0 Å². The fourth-order valence-electron chi connectivity index (χ4n) is 1.84. The number of fused-ring (bicyclic) bond motifs is 1. The smallest absolute Gasteiger partial charge is 0.0477 e. The molecular formula is C14H19NOS. The van der Waals surface area contributed by atoms with Crippen molar-refractivity contribution in [2.75, 3.05) is 19.8 Å². The first-order valence-corrected chi connectivity index (χ1v) is 7.03. The van der Waals surface area contributed by atoms with E-state index in [1.54, 1.807) is 0 Å². The van der Waals surface area contributed by atoms with Crippen LogP contribution in [-0.2, 0) is 11.3 Å². The lowest BCUT2D eigenvalue weighted by molar-refractivity contribution is 0.144. The van der Waals surface area contributed by atoms with Crippen LogP contribution < -0.4 is 5.32 Å². The van der Waals surface area contributed by atoms with Crippen molar-refractivity contribution in [3.8, 4) is 0 Å². The Bertz CT molecular complexity index is 452. The van der Waals surface area contributed by atoms with Crippen LogP contribution in [0.15, 0.2) is 29.6 Å². The van der Waals surface area contributed by atoms with Gasteiger partial charge in [0.15, 0.2) is 0 Å². The molecule has 0 atom stereocenters. The average molecular weight is 249 g/mol. The summed E-state index contributed by atoms with van der Waals surface area (Å²) in [6.45, 7) is 5.67. The van der Waals surface area contributed by atoms with Gasteiger partial charge in [-0.15, -0.1) is 11.3 Å². The molecule has 1 N–H and O–H groups in total. The molecule has 1 heterocycles. The highest BCUT2D eigenvalue weighted by molar-refractivity contribution is 7.17. The van der Waals surface area contributed by atoms with Gasteiger partial charge in [-0.05, 0) is 42.3 Å². The van der Waals surface area contributed by atoms with Crippen LogP contribution in [0.25, 0.3) is 10.1 Å². The second-order valence-corrected chi connectivity index (χ2v) is 4.90. The lowest BCUT2D eigenvalue weighted by Crippen LogP contribution is -2.16. The van der Waals surface area contributed by atoms with E-state index in [4.69, 9.17) is 4.74 Å². The van der Waals surface area contributed by atoms with E-state index in [9.17, 15) is 0 Å². The average Bonchev–Trinajstić information content (AvgIpc) is 2.77. The van der Waals surface area contributed by atoms with Crippen molar-refractivity contribution in [3.05, 3.63) is 35.2 Å². The van der Waals surface area contributed by atoms with Crippen molar-refractivity contribution in [2.24, 2.45) is 0 Å². The van der Waals surface area contributed by atoms with Gasteiger partial charge < -0.3 is 10.1 Å². The summed E-state index contributed by atoms with van der Waals surface area (Å²) in [6, 6.07) is 8.58. The third kappa shape index (κ3) is 3.53. The summed E-state index contributed by atoms with van der Waals surface area (Å²) in [7, 11) is 0. The Balaban J connectivity index is 1.79. The van der Waals surface area contributed by atoms with Crippen LogP contribution in [-0.4, -0.2) is 19.8 Å². The first kappa shape index (κ1) is 12.6. The summed E-state index contributed by atoms with van der Waals surface area (Å²) < 4.78 is 6.68. The molecule has 0 spiro atoms. The zero-order chi connectivity index (χ0) is 11.9. The lowest BCUT2D eigenvalue weighted by Gasteiger charge is -2.04. The van der Waals surface area contributed by atoms with Crippen molar-refractivity contribution < 1.29 is 4.74 Å². The van der Waals surface area contributed by atoms with Crippen LogP contribution in [0.1, 0.15) is 18.9 Å². The summed E-state index contributed by atoms with van der Waals surface area (Å²) in [5, 5.41) is 7.10. The Morgan fingerprint density at radius 2 is 2.18 bits per heavy atom. The van der Waals surface area contributed by atoms with Gasteiger partial charge in [-0.1, -0.05) is 18.2 Å². The van der Waals surface area contributed by atoms with Gasteiger partial charge >= 0.3 is 0 Å². The van der Waals surface area contributed by atoms with E-state index < -0.39 is 0 Å². The van der Waals surface area contributed by atoms with Gasteiger partial charge in [-0.3, -0.25) is 0 Å². The maximum atomic E-state index is 5.30. The Kier molecular flexibility index (Phi) is 4.98. The van der Waals surface area contributed by atoms with Gasteiger partial charge in [0.05, 0.1) is 0 Å². The van der Waals surface area contributed by atoms with Crippen LogP contribution in [0, 0.1) is 0 Å². The zero-order valence-corrected chi connectivity index (χ0v) is 11.1.